The van der Waals surface area contributed by atoms with Gasteiger partial charge in [-0.1, -0.05) is 24.3 Å². The summed E-state index contributed by atoms with van der Waals surface area (Å²) in [6.45, 7) is 0. The molecule has 0 fully saturated rings. The van der Waals surface area contributed by atoms with Crippen molar-refractivity contribution in [3.05, 3.63) is 60.2 Å². The molecule has 0 saturated carbocycles. The van der Waals surface area contributed by atoms with Gasteiger partial charge in [0.15, 0.2) is 22.5 Å². The molecule has 4 nitrogen and oxygen atoms in total. The molecule has 7 heteroatoms. The molecule has 0 radical (unpaired) electrons. The Bertz CT molecular complexity index is 710. The van der Waals surface area contributed by atoms with Gasteiger partial charge in [-0.15, -0.1) is 0 Å². The molecule has 0 unspecified atom stereocenters. The van der Waals surface area contributed by atoms with E-state index in [1.54, 1.807) is 24.3 Å². The Morgan fingerprint density at radius 1 is 0.950 bits per heavy atom. The fraction of sp³-hybridized carbons (Fsp3) is 0. The van der Waals surface area contributed by atoms with Crippen LogP contribution in [-0.4, -0.2) is 15.0 Å². The molecular formula is C13H8F2N4S. The van der Waals surface area contributed by atoms with Gasteiger partial charge in [0.05, 0.1) is 0 Å². The molecule has 1 heterocycles. The topological polar surface area (TPSA) is 34.6 Å². The zero-order valence-electron chi connectivity index (χ0n) is 10.1. The van der Waals surface area contributed by atoms with Gasteiger partial charge in [0.25, 0.3) is 0 Å². The molecule has 0 saturated heterocycles. The maximum absolute atomic E-state index is 13.9. The largest absolute Gasteiger partial charge is 0.706 e. The lowest BCUT2D eigenvalue weighted by atomic mass is 10.3. The van der Waals surface area contributed by atoms with E-state index in [4.69, 9.17) is 12.6 Å². The lowest BCUT2D eigenvalue weighted by Gasteiger charge is -2.01. The summed E-state index contributed by atoms with van der Waals surface area (Å²) in [4.78, 5) is 2.27. The molecule has 3 rings (SSSR count). The zero-order chi connectivity index (χ0) is 14.1. The van der Waals surface area contributed by atoms with Crippen molar-refractivity contribution in [1.29, 1.82) is 0 Å². The highest BCUT2D eigenvalue weighted by Gasteiger charge is 2.21. The van der Waals surface area contributed by atoms with Crippen LogP contribution in [0.2, 0.25) is 0 Å². The molecule has 20 heavy (non-hydrogen) atoms. The third-order valence-corrected chi connectivity index (χ3v) is 2.84. The maximum atomic E-state index is 13.9. The van der Waals surface area contributed by atoms with Crippen LogP contribution in [-0.2, 0) is 12.6 Å². The molecule has 1 aromatic heterocycles. The van der Waals surface area contributed by atoms with Gasteiger partial charge in [-0.2, -0.15) is 0 Å². The Morgan fingerprint density at radius 2 is 1.60 bits per heavy atom. The highest BCUT2D eigenvalue weighted by molar-refractivity contribution is 7.58. The summed E-state index contributed by atoms with van der Waals surface area (Å²) in [7, 11) is 0. The number of rotatable bonds is 2. The number of hydrogen-bond donors (Lipinski definition) is 0. The van der Waals surface area contributed by atoms with Gasteiger partial charge in [-0.05, 0) is 34.2 Å². The summed E-state index contributed by atoms with van der Waals surface area (Å²) in [5, 5.41) is 7.87. The van der Waals surface area contributed by atoms with Gasteiger partial charge in [-0.25, -0.2) is 8.78 Å². The maximum Gasteiger partial charge on any atom is 0.215 e. The van der Waals surface area contributed by atoms with E-state index in [1.807, 2.05) is 0 Å². The Balaban J connectivity index is 2.25. The molecule has 0 aliphatic rings. The van der Waals surface area contributed by atoms with Crippen molar-refractivity contribution >= 4 is 12.6 Å². The van der Waals surface area contributed by atoms with Gasteiger partial charge in [0, 0.05) is 9.90 Å². The van der Waals surface area contributed by atoms with E-state index in [1.165, 1.54) is 24.3 Å². The third kappa shape index (κ3) is 2.12. The monoisotopic (exact) mass is 290 g/mol. The highest BCUT2D eigenvalue weighted by atomic mass is 32.1. The number of aromatic nitrogens is 4. The van der Waals surface area contributed by atoms with Crippen LogP contribution >= 0.6 is 0 Å². The summed E-state index contributed by atoms with van der Waals surface area (Å²) in [5.41, 5.74) is 0.277. The van der Waals surface area contributed by atoms with Crippen LogP contribution in [0.25, 0.3) is 11.4 Å². The zero-order valence-corrected chi connectivity index (χ0v) is 10.9. The van der Waals surface area contributed by atoms with Gasteiger partial charge in [0.2, 0.25) is 5.69 Å². The van der Waals surface area contributed by atoms with Crippen molar-refractivity contribution in [2.45, 2.75) is 5.16 Å². The Hall–Kier alpha value is -2.41. The number of tetrazole rings is 1. The molecule has 0 atom stereocenters. The summed E-state index contributed by atoms with van der Waals surface area (Å²) < 4.78 is 27.7. The molecule has 0 spiro atoms. The van der Waals surface area contributed by atoms with Crippen LogP contribution in [0.1, 0.15) is 0 Å². The second kappa shape index (κ2) is 4.93. The molecule has 0 aliphatic heterocycles. The van der Waals surface area contributed by atoms with Crippen molar-refractivity contribution in [1.82, 2.24) is 15.0 Å². The molecular weight excluding hydrogens is 282 g/mol. The average molecular weight is 290 g/mol. The highest BCUT2D eigenvalue weighted by Crippen LogP contribution is 2.11. The van der Waals surface area contributed by atoms with E-state index in [2.05, 4.69) is 10.2 Å². The first-order chi connectivity index (χ1) is 9.66. The fourth-order valence-electron chi connectivity index (χ4n) is 1.81. The Kier molecular flexibility index (Phi) is 3.11. The molecule has 100 valence electrons. The van der Waals surface area contributed by atoms with Crippen LogP contribution in [0.5, 0.6) is 0 Å². The van der Waals surface area contributed by atoms with Crippen LogP contribution in [0.15, 0.2) is 53.7 Å². The quantitative estimate of drug-likeness (QED) is 0.532. The van der Waals surface area contributed by atoms with Crippen LogP contribution < -0.4 is 4.80 Å². The standard InChI is InChI=1S/C13H8F2N4S/c14-9-5-1-3-7-11(9)18-16-13(20)17-19(18)12-8-4-2-6-10(12)15/h1-8H. The molecule has 0 aliphatic carbocycles. The summed E-state index contributed by atoms with van der Waals surface area (Å²) >= 11 is 4.90. The number of para-hydroxylation sites is 2. The Labute approximate surface area is 118 Å². The third-order valence-electron chi connectivity index (χ3n) is 2.68. The van der Waals surface area contributed by atoms with E-state index in [0.717, 1.165) is 9.59 Å². The molecule has 0 amide bonds. The van der Waals surface area contributed by atoms with E-state index < -0.39 is 11.6 Å². The molecule has 0 bridgehead atoms. The predicted molar refractivity (Wildman–Crippen MR) is 68.4 cm³/mol. The number of benzene rings is 2. The van der Waals surface area contributed by atoms with E-state index in [-0.39, 0.29) is 16.5 Å². The van der Waals surface area contributed by atoms with Gasteiger partial charge >= 0.3 is 0 Å². The van der Waals surface area contributed by atoms with Crippen LogP contribution in [0.3, 0.4) is 0 Å². The van der Waals surface area contributed by atoms with E-state index >= 15 is 0 Å². The normalized spacial score (nSPS) is 10.7. The SMILES string of the molecule is Fc1ccccc1-n1nc([S-])n[n+]1-c1ccccc1F. The van der Waals surface area contributed by atoms with Gasteiger partial charge in [-0.3, -0.25) is 0 Å². The fourth-order valence-corrected chi connectivity index (χ4v) is 1.96. The second-order valence-corrected chi connectivity index (χ2v) is 4.33. The minimum absolute atomic E-state index is 0.00324. The van der Waals surface area contributed by atoms with Crippen molar-refractivity contribution in [2.24, 2.45) is 0 Å². The number of nitrogens with zero attached hydrogens (tertiary/aromatic N) is 4. The van der Waals surface area contributed by atoms with Crippen LogP contribution in [0, 0.1) is 11.6 Å². The van der Waals surface area contributed by atoms with Crippen LogP contribution in [0.4, 0.5) is 8.78 Å². The summed E-state index contributed by atoms with van der Waals surface area (Å²) in [5.74, 6) is -1.00. The first-order valence-electron chi connectivity index (χ1n) is 5.73. The average Bonchev–Trinajstić information content (AvgIpc) is 2.81. The minimum atomic E-state index is -0.502. The molecule has 3 aromatic rings. The van der Waals surface area contributed by atoms with Gasteiger partial charge < -0.3 is 12.6 Å². The van der Waals surface area contributed by atoms with E-state index in [9.17, 15) is 8.78 Å². The smallest absolute Gasteiger partial charge is 0.215 e. The second-order valence-electron chi connectivity index (χ2n) is 3.96. The van der Waals surface area contributed by atoms with Crippen molar-refractivity contribution in [3.63, 3.8) is 0 Å². The number of hydrogen-bond acceptors (Lipinski definition) is 3. The lowest BCUT2D eigenvalue weighted by molar-refractivity contribution is -0.738. The van der Waals surface area contributed by atoms with Gasteiger partial charge in [0.1, 0.15) is 0 Å². The van der Waals surface area contributed by atoms with Crippen molar-refractivity contribution in [2.75, 3.05) is 0 Å². The lowest BCUT2D eigenvalue weighted by Crippen LogP contribution is -2.44. The summed E-state index contributed by atoms with van der Waals surface area (Å²) in [6, 6.07) is 12.0. The van der Waals surface area contributed by atoms with E-state index in [0.29, 0.717) is 0 Å². The first-order valence-corrected chi connectivity index (χ1v) is 6.14. The van der Waals surface area contributed by atoms with Crippen molar-refractivity contribution < 1.29 is 13.6 Å². The minimum Gasteiger partial charge on any atom is -0.706 e. The molecule has 0 N–H and O–H groups in total. The first kappa shape index (κ1) is 12.6. The summed E-state index contributed by atoms with van der Waals surface area (Å²) in [6.07, 6.45) is 0. The van der Waals surface area contributed by atoms with Crippen molar-refractivity contribution in [3.8, 4) is 11.4 Å². The predicted octanol–water partition coefficient (Wildman–Crippen LogP) is 1.73. The molecule has 2 aromatic carbocycles. The number of halogens is 2. The Morgan fingerprint density at radius 3 is 2.30 bits per heavy atom.